The van der Waals surface area contributed by atoms with Crippen LogP contribution in [0.5, 0.6) is 5.75 Å². The Labute approximate surface area is 108 Å². The summed E-state index contributed by atoms with van der Waals surface area (Å²) in [5.74, 6) is -1.91. The van der Waals surface area contributed by atoms with Gasteiger partial charge in [0.25, 0.3) is 0 Å². The topological polar surface area (TPSA) is 35.2 Å². The Kier molecular flexibility index (Phi) is 3.67. The molecule has 0 aromatic heterocycles. The number of ether oxygens (including phenoxy) is 1. The highest BCUT2D eigenvalue weighted by molar-refractivity contribution is 6.30. The third-order valence-corrected chi connectivity index (χ3v) is 2.63. The van der Waals surface area contributed by atoms with Crippen LogP contribution >= 0.6 is 11.6 Å². The first kappa shape index (κ1) is 12.6. The van der Waals surface area contributed by atoms with Crippen LogP contribution in [-0.2, 0) is 6.61 Å². The van der Waals surface area contributed by atoms with Gasteiger partial charge in [0.05, 0.1) is 0 Å². The van der Waals surface area contributed by atoms with E-state index < -0.39 is 17.4 Å². The molecule has 2 nitrogen and oxygen atoms in total. The predicted molar refractivity (Wildman–Crippen MR) is 66.6 cm³/mol. The monoisotopic (exact) mass is 269 g/mol. The number of benzene rings is 2. The molecule has 0 aliphatic rings. The molecule has 5 heteroatoms. The number of para-hydroxylation sites is 1. The largest absolute Gasteiger partial charge is 0.483 e. The molecule has 2 N–H and O–H groups in total. The molecule has 0 atom stereocenters. The maximum atomic E-state index is 13.3. The summed E-state index contributed by atoms with van der Waals surface area (Å²) >= 11 is 5.74. The van der Waals surface area contributed by atoms with Gasteiger partial charge in [-0.15, -0.1) is 0 Å². The molecule has 0 heterocycles. The van der Waals surface area contributed by atoms with Crippen LogP contribution in [0.1, 0.15) is 5.56 Å². The van der Waals surface area contributed by atoms with E-state index in [4.69, 9.17) is 22.1 Å². The number of hydrogen-bond donors (Lipinski definition) is 1. The minimum atomic E-state index is -0.748. The van der Waals surface area contributed by atoms with Crippen LogP contribution in [0.3, 0.4) is 0 Å². The van der Waals surface area contributed by atoms with Crippen LogP contribution in [-0.4, -0.2) is 0 Å². The Morgan fingerprint density at radius 1 is 1.11 bits per heavy atom. The minimum Gasteiger partial charge on any atom is -0.483 e. The molecule has 2 aromatic rings. The van der Waals surface area contributed by atoms with Crippen molar-refractivity contribution >= 4 is 17.3 Å². The van der Waals surface area contributed by atoms with Crippen LogP contribution in [0.4, 0.5) is 14.5 Å². The Morgan fingerprint density at radius 2 is 1.78 bits per heavy atom. The fourth-order valence-corrected chi connectivity index (χ4v) is 1.65. The normalized spacial score (nSPS) is 10.4. The van der Waals surface area contributed by atoms with E-state index in [2.05, 4.69) is 0 Å². The first-order valence-corrected chi connectivity index (χ1v) is 5.56. The highest BCUT2D eigenvalue weighted by atomic mass is 35.5. The van der Waals surface area contributed by atoms with E-state index >= 15 is 0 Å². The van der Waals surface area contributed by atoms with Crippen molar-refractivity contribution in [3.63, 3.8) is 0 Å². The van der Waals surface area contributed by atoms with Gasteiger partial charge in [0.15, 0.2) is 17.4 Å². The first-order valence-electron chi connectivity index (χ1n) is 5.18. The maximum absolute atomic E-state index is 13.3. The number of anilines is 1. The van der Waals surface area contributed by atoms with E-state index in [1.165, 1.54) is 6.07 Å². The van der Waals surface area contributed by atoms with Gasteiger partial charge < -0.3 is 10.5 Å². The molecule has 0 bridgehead atoms. The van der Waals surface area contributed by atoms with Gasteiger partial charge in [-0.2, -0.15) is 0 Å². The second-order valence-electron chi connectivity index (χ2n) is 3.68. The third kappa shape index (κ3) is 2.71. The molecule has 0 radical (unpaired) electrons. The highest BCUT2D eigenvalue weighted by Gasteiger charge is 2.10. The Morgan fingerprint density at radius 3 is 2.39 bits per heavy atom. The maximum Gasteiger partial charge on any atom is 0.191 e. The van der Waals surface area contributed by atoms with E-state index in [1.54, 1.807) is 18.2 Å². The number of hydrogen-bond acceptors (Lipinski definition) is 2. The lowest BCUT2D eigenvalue weighted by atomic mass is 10.2. The lowest BCUT2D eigenvalue weighted by Crippen LogP contribution is -2.02. The van der Waals surface area contributed by atoms with Gasteiger partial charge >= 0.3 is 0 Å². The van der Waals surface area contributed by atoms with Gasteiger partial charge in [-0.1, -0.05) is 23.7 Å². The van der Waals surface area contributed by atoms with Crippen molar-refractivity contribution in [3.05, 3.63) is 58.6 Å². The summed E-state index contributed by atoms with van der Waals surface area (Å²) in [5.41, 5.74) is 6.74. The zero-order valence-corrected chi connectivity index (χ0v) is 10.0. The highest BCUT2D eigenvalue weighted by Crippen LogP contribution is 2.24. The minimum absolute atomic E-state index is 0.0269. The van der Waals surface area contributed by atoms with E-state index in [0.29, 0.717) is 16.3 Å². The van der Waals surface area contributed by atoms with Crippen LogP contribution in [0.15, 0.2) is 36.4 Å². The zero-order valence-electron chi connectivity index (χ0n) is 9.29. The molecular formula is C13H10ClF2NO. The van der Waals surface area contributed by atoms with Crippen molar-refractivity contribution in [1.82, 2.24) is 0 Å². The van der Waals surface area contributed by atoms with Gasteiger partial charge in [0.2, 0.25) is 0 Å². The number of rotatable bonds is 3. The van der Waals surface area contributed by atoms with Crippen molar-refractivity contribution in [2.75, 3.05) is 5.73 Å². The summed E-state index contributed by atoms with van der Waals surface area (Å²) in [4.78, 5) is 0. The molecule has 94 valence electrons. The van der Waals surface area contributed by atoms with Crippen LogP contribution < -0.4 is 10.5 Å². The molecule has 0 spiro atoms. The molecule has 0 saturated carbocycles. The summed E-state index contributed by atoms with van der Waals surface area (Å²) in [6.07, 6.45) is 0. The molecule has 18 heavy (non-hydrogen) atoms. The second kappa shape index (κ2) is 5.23. The zero-order chi connectivity index (χ0) is 13.1. The quantitative estimate of drug-likeness (QED) is 0.861. The SMILES string of the molecule is Nc1cc(Cl)ccc1COc1c(F)cccc1F. The molecule has 0 fully saturated rings. The second-order valence-corrected chi connectivity index (χ2v) is 4.12. The molecule has 0 aliphatic heterocycles. The summed E-state index contributed by atoms with van der Waals surface area (Å²) < 4.78 is 31.7. The summed E-state index contributed by atoms with van der Waals surface area (Å²) in [7, 11) is 0. The van der Waals surface area contributed by atoms with Gasteiger partial charge in [0, 0.05) is 16.3 Å². The molecule has 0 unspecified atom stereocenters. The van der Waals surface area contributed by atoms with Gasteiger partial charge in [-0.3, -0.25) is 0 Å². The van der Waals surface area contributed by atoms with E-state index in [-0.39, 0.29) is 6.61 Å². The molecule has 0 aliphatic carbocycles. The number of halogens is 3. The lowest BCUT2D eigenvalue weighted by molar-refractivity contribution is 0.274. The summed E-state index contributed by atoms with van der Waals surface area (Å²) in [5, 5.41) is 0.494. The van der Waals surface area contributed by atoms with Gasteiger partial charge in [-0.05, 0) is 24.3 Å². The molecule has 0 saturated heterocycles. The van der Waals surface area contributed by atoms with Crippen molar-refractivity contribution < 1.29 is 13.5 Å². The van der Waals surface area contributed by atoms with Crippen molar-refractivity contribution in [1.29, 1.82) is 0 Å². The molecule has 2 aromatic carbocycles. The Bertz CT molecular complexity index is 555. The Balaban J connectivity index is 2.16. The van der Waals surface area contributed by atoms with Crippen LogP contribution in [0, 0.1) is 11.6 Å². The van der Waals surface area contributed by atoms with E-state index in [9.17, 15) is 8.78 Å². The molecule has 2 rings (SSSR count). The fourth-order valence-electron chi connectivity index (χ4n) is 1.47. The van der Waals surface area contributed by atoms with Gasteiger partial charge in [-0.25, -0.2) is 8.78 Å². The smallest absolute Gasteiger partial charge is 0.191 e. The first-order chi connectivity index (χ1) is 8.58. The van der Waals surface area contributed by atoms with E-state index in [1.807, 2.05) is 0 Å². The van der Waals surface area contributed by atoms with Crippen LogP contribution in [0.25, 0.3) is 0 Å². The van der Waals surface area contributed by atoms with E-state index in [0.717, 1.165) is 12.1 Å². The van der Waals surface area contributed by atoms with Crippen LogP contribution in [0.2, 0.25) is 5.02 Å². The third-order valence-electron chi connectivity index (χ3n) is 2.40. The van der Waals surface area contributed by atoms with Crippen molar-refractivity contribution in [3.8, 4) is 5.75 Å². The predicted octanol–water partition coefficient (Wildman–Crippen LogP) is 3.78. The van der Waals surface area contributed by atoms with Crippen molar-refractivity contribution in [2.45, 2.75) is 6.61 Å². The Hall–Kier alpha value is -1.81. The average Bonchev–Trinajstić information content (AvgIpc) is 2.31. The number of nitrogens with two attached hydrogens (primary N) is 1. The lowest BCUT2D eigenvalue weighted by Gasteiger charge is -2.10. The van der Waals surface area contributed by atoms with Gasteiger partial charge in [0.1, 0.15) is 6.61 Å². The standard InChI is InChI=1S/C13H10ClF2NO/c14-9-5-4-8(12(17)6-9)7-18-13-10(15)2-1-3-11(13)16/h1-6H,7,17H2. The molecule has 0 amide bonds. The fraction of sp³-hybridized carbons (Fsp3) is 0.0769. The molecular weight excluding hydrogens is 260 g/mol. The summed E-state index contributed by atoms with van der Waals surface area (Å²) in [6, 6.07) is 8.37. The number of nitrogen functional groups attached to an aromatic ring is 1. The average molecular weight is 270 g/mol. The summed E-state index contributed by atoms with van der Waals surface area (Å²) in [6.45, 7) is -0.0269. The van der Waals surface area contributed by atoms with Crippen molar-refractivity contribution in [2.24, 2.45) is 0 Å².